The minimum atomic E-state index is -0.789. The van der Waals surface area contributed by atoms with Gasteiger partial charge in [0.2, 0.25) is 0 Å². The summed E-state index contributed by atoms with van der Waals surface area (Å²) in [5.74, 6) is 0. The summed E-state index contributed by atoms with van der Waals surface area (Å²) in [6.45, 7) is 7.69. The monoisotopic (exact) mass is 297 g/mol. The zero-order valence-electron chi connectivity index (χ0n) is 13.6. The number of nitriles is 1. The maximum atomic E-state index is 12.0. The number of hydrogen-bond donors (Lipinski definition) is 1. The molecule has 6 nitrogen and oxygen atoms in total. The molecule has 0 aliphatic carbocycles. The van der Waals surface area contributed by atoms with Gasteiger partial charge in [-0.25, -0.2) is 4.79 Å². The summed E-state index contributed by atoms with van der Waals surface area (Å²) in [6, 6.07) is 2.10. The van der Waals surface area contributed by atoms with E-state index in [1.165, 1.54) is 0 Å². The van der Waals surface area contributed by atoms with E-state index in [-0.39, 0.29) is 6.09 Å². The van der Waals surface area contributed by atoms with Gasteiger partial charge >= 0.3 is 6.09 Å². The molecule has 0 saturated carbocycles. The lowest BCUT2D eigenvalue weighted by Gasteiger charge is -2.40. The Morgan fingerprint density at radius 3 is 2.48 bits per heavy atom. The summed E-state index contributed by atoms with van der Waals surface area (Å²) in [5.41, 5.74) is -1.29. The molecule has 1 rings (SSSR count). The highest BCUT2D eigenvalue weighted by Gasteiger charge is 2.36. The lowest BCUT2D eigenvalue weighted by Crippen LogP contribution is -2.52. The first-order valence-electron chi connectivity index (χ1n) is 7.41. The zero-order chi connectivity index (χ0) is 16.1. The molecule has 0 aromatic rings. The zero-order valence-corrected chi connectivity index (χ0v) is 13.6. The molecule has 1 heterocycles. The van der Waals surface area contributed by atoms with Crippen LogP contribution in [-0.4, -0.2) is 65.4 Å². The Hall–Kier alpha value is -1.32. The maximum Gasteiger partial charge on any atom is 0.410 e. The molecule has 120 valence electrons. The fourth-order valence-electron chi connectivity index (χ4n) is 2.41. The number of likely N-dealkylation sites (N-methyl/N-ethyl adjacent to an activating group) is 1. The molecule has 6 heteroatoms. The van der Waals surface area contributed by atoms with E-state index in [4.69, 9.17) is 10.00 Å². The molecule has 21 heavy (non-hydrogen) atoms. The maximum absolute atomic E-state index is 12.0. The van der Waals surface area contributed by atoms with Gasteiger partial charge in [-0.2, -0.15) is 5.26 Å². The van der Waals surface area contributed by atoms with Crippen molar-refractivity contribution >= 4 is 6.09 Å². The Morgan fingerprint density at radius 1 is 1.43 bits per heavy atom. The van der Waals surface area contributed by atoms with Crippen molar-refractivity contribution in [2.45, 2.75) is 51.2 Å². The molecule has 0 aromatic carbocycles. The first-order valence-corrected chi connectivity index (χ1v) is 7.41. The van der Waals surface area contributed by atoms with Crippen molar-refractivity contribution in [3.63, 3.8) is 0 Å². The van der Waals surface area contributed by atoms with E-state index < -0.39 is 11.2 Å². The molecular formula is C15H27N3O3. The standard InChI is InChI=1S/C15H27N3O3/c1-14(2,3)21-13(19)18-10-6-15(20,7-11-18)12-17(4)9-5-8-16/h20H,5-7,9-12H2,1-4H3. The summed E-state index contributed by atoms with van der Waals surface area (Å²) < 4.78 is 5.34. The van der Waals surface area contributed by atoms with Gasteiger partial charge in [0.15, 0.2) is 0 Å². The number of aliphatic hydroxyl groups is 1. The van der Waals surface area contributed by atoms with Crippen molar-refractivity contribution in [2.75, 3.05) is 33.2 Å². The Labute approximate surface area is 127 Å². The van der Waals surface area contributed by atoms with Gasteiger partial charge < -0.3 is 19.6 Å². The minimum Gasteiger partial charge on any atom is -0.444 e. The Balaban J connectivity index is 2.43. The van der Waals surface area contributed by atoms with Crippen LogP contribution in [0.3, 0.4) is 0 Å². The van der Waals surface area contributed by atoms with Crippen molar-refractivity contribution in [1.29, 1.82) is 5.26 Å². The Morgan fingerprint density at radius 2 is 2.00 bits per heavy atom. The average Bonchev–Trinajstić information content (AvgIpc) is 2.34. The summed E-state index contributed by atoms with van der Waals surface area (Å²) in [7, 11) is 1.90. The van der Waals surface area contributed by atoms with Crippen LogP contribution in [0.4, 0.5) is 4.79 Å². The molecule has 0 spiro atoms. The van der Waals surface area contributed by atoms with Crippen LogP contribution in [-0.2, 0) is 4.74 Å². The van der Waals surface area contributed by atoms with E-state index in [0.29, 0.717) is 45.4 Å². The third-order valence-corrected chi connectivity index (χ3v) is 3.52. The van der Waals surface area contributed by atoms with Crippen molar-refractivity contribution < 1.29 is 14.6 Å². The largest absolute Gasteiger partial charge is 0.444 e. The molecule has 0 bridgehead atoms. The predicted molar refractivity (Wildman–Crippen MR) is 79.7 cm³/mol. The van der Waals surface area contributed by atoms with E-state index in [2.05, 4.69) is 6.07 Å². The van der Waals surface area contributed by atoms with Crippen LogP contribution in [0.5, 0.6) is 0 Å². The summed E-state index contributed by atoms with van der Waals surface area (Å²) in [6.07, 6.45) is 1.20. The number of carbonyl (C=O) groups excluding carboxylic acids is 1. The van der Waals surface area contributed by atoms with E-state index >= 15 is 0 Å². The highest BCUT2D eigenvalue weighted by atomic mass is 16.6. The third kappa shape index (κ3) is 6.32. The molecule has 0 unspecified atom stereocenters. The van der Waals surface area contributed by atoms with Crippen LogP contribution < -0.4 is 0 Å². The number of piperidine rings is 1. The quantitative estimate of drug-likeness (QED) is 0.853. The van der Waals surface area contributed by atoms with Crippen LogP contribution in [0.15, 0.2) is 0 Å². The van der Waals surface area contributed by atoms with E-state index in [1.807, 2.05) is 32.7 Å². The van der Waals surface area contributed by atoms with E-state index in [9.17, 15) is 9.90 Å². The van der Waals surface area contributed by atoms with Gasteiger partial charge in [0.1, 0.15) is 5.60 Å². The molecule has 0 aromatic heterocycles. The second-order valence-electron chi connectivity index (χ2n) is 6.84. The van der Waals surface area contributed by atoms with E-state index in [0.717, 1.165) is 0 Å². The van der Waals surface area contributed by atoms with Crippen molar-refractivity contribution in [1.82, 2.24) is 9.80 Å². The summed E-state index contributed by atoms with van der Waals surface area (Å²) >= 11 is 0. The topological polar surface area (TPSA) is 76.8 Å². The van der Waals surface area contributed by atoms with Gasteiger partial charge in [-0.05, 0) is 40.7 Å². The van der Waals surface area contributed by atoms with Crippen LogP contribution >= 0.6 is 0 Å². The molecule has 1 fully saturated rings. The van der Waals surface area contributed by atoms with Crippen LogP contribution in [0.25, 0.3) is 0 Å². The number of amides is 1. The molecule has 0 atom stereocenters. The SMILES string of the molecule is CN(CCC#N)CC1(O)CCN(C(=O)OC(C)(C)C)CC1. The average molecular weight is 297 g/mol. The second-order valence-corrected chi connectivity index (χ2v) is 6.84. The lowest BCUT2D eigenvalue weighted by atomic mass is 9.91. The fraction of sp³-hybridized carbons (Fsp3) is 0.867. The number of likely N-dealkylation sites (tertiary alicyclic amines) is 1. The molecular weight excluding hydrogens is 270 g/mol. The molecule has 1 amide bonds. The summed E-state index contributed by atoms with van der Waals surface area (Å²) in [5, 5.41) is 19.1. The Bertz CT molecular complexity index is 390. The van der Waals surface area contributed by atoms with Gasteiger partial charge in [-0.1, -0.05) is 0 Å². The van der Waals surface area contributed by atoms with Gasteiger partial charge in [-0.3, -0.25) is 0 Å². The van der Waals surface area contributed by atoms with Crippen molar-refractivity contribution in [3.8, 4) is 6.07 Å². The molecule has 1 N–H and O–H groups in total. The normalized spacial score (nSPS) is 18.4. The number of carbonyl (C=O) groups is 1. The predicted octanol–water partition coefficient (Wildman–Crippen LogP) is 1.59. The number of rotatable bonds is 4. The molecule has 1 saturated heterocycles. The highest BCUT2D eigenvalue weighted by molar-refractivity contribution is 5.68. The number of nitrogens with zero attached hydrogens (tertiary/aromatic N) is 3. The minimum absolute atomic E-state index is 0.317. The van der Waals surface area contributed by atoms with Gasteiger partial charge in [-0.15, -0.1) is 0 Å². The number of ether oxygens (including phenoxy) is 1. The summed E-state index contributed by atoms with van der Waals surface area (Å²) in [4.78, 5) is 15.6. The van der Waals surface area contributed by atoms with Crippen LogP contribution in [0.2, 0.25) is 0 Å². The van der Waals surface area contributed by atoms with Crippen LogP contribution in [0, 0.1) is 11.3 Å². The van der Waals surface area contributed by atoms with E-state index in [1.54, 1.807) is 4.90 Å². The second kappa shape index (κ2) is 7.10. The first-order chi connectivity index (χ1) is 9.65. The van der Waals surface area contributed by atoms with Gasteiger partial charge in [0, 0.05) is 32.6 Å². The molecule has 1 aliphatic heterocycles. The number of hydrogen-bond acceptors (Lipinski definition) is 5. The molecule has 1 aliphatic rings. The lowest BCUT2D eigenvalue weighted by molar-refractivity contribution is -0.0464. The fourth-order valence-corrected chi connectivity index (χ4v) is 2.41. The molecule has 0 radical (unpaired) electrons. The van der Waals surface area contributed by atoms with Crippen molar-refractivity contribution in [3.05, 3.63) is 0 Å². The smallest absolute Gasteiger partial charge is 0.410 e. The highest BCUT2D eigenvalue weighted by Crippen LogP contribution is 2.24. The first kappa shape index (κ1) is 17.7. The van der Waals surface area contributed by atoms with Crippen molar-refractivity contribution in [2.24, 2.45) is 0 Å². The van der Waals surface area contributed by atoms with Gasteiger partial charge in [0.25, 0.3) is 0 Å². The Kier molecular flexibility index (Phi) is 5.99. The third-order valence-electron chi connectivity index (χ3n) is 3.52. The van der Waals surface area contributed by atoms with Gasteiger partial charge in [0.05, 0.1) is 11.7 Å². The van der Waals surface area contributed by atoms with Crippen LogP contribution in [0.1, 0.15) is 40.0 Å².